The summed E-state index contributed by atoms with van der Waals surface area (Å²) in [6.07, 6.45) is 0.741. The Balaban J connectivity index is 1.71. The monoisotopic (exact) mass is 275 g/mol. The van der Waals surface area contributed by atoms with E-state index in [9.17, 15) is 9.59 Å². The van der Waals surface area contributed by atoms with E-state index < -0.39 is 6.09 Å². The van der Waals surface area contributed by atoms with E-state index in [-0.39, 0.29) is 30.6 Å². The van der Waals surface area contributed by atoms with Crippen molar-refractivity contribution in [2.75, 3.05) is 13.7 Å². The Labute approximate surface area is 117 Å². The quantitative estimate of drug-likeness (QED) is 0.837. The smallest absolute Gasteiger partial charge is 0.416 e. The molecule has 0 bridgehead atoms. The molecule has 5 heteroatoms. The largest absolute Gasteiger partial charge is 0.447 e. The first kappa shape index (κ1) is 13.1. The number of cyclic esters (lactones) is 1. The number of imide groups is 1. The maximum atomic E-state index is 12.3. The Hall–Kier alpha value is -1.88. The molecular weight excluding hydrogens is 258 g/mol. The molecule has 0 radical (unpaired) electrons. The molecular formula is C15H17NO4. The lowest BCUT2D eigenvalue weighted by molar-refractivity contribution is -0.131. The van der Waals surface area contributed by atoms with Crippen LogP contribution in [0.4, 0.5) is 4.79 Å². The fourth-order valence-corrected chi connectivity index (χ4v) is 2.64. The summed E-state index contributed by atoms with van der Waals surface area (Å²) in [6.45, 7) is 0.268. The molecule has 2 amide bonds. The number of rotatable bonds is 4. The highest BCUT2D eigenvalue weighted by molar-refractivity contribution is 5.96. The average molecular weight is 275 g/mol. The first-order chi connectivity index (χ1) is 9.70. The number of hydrogen-bond acceptors (Lipinski definition) is 4. The van der Waals surface area contributed by atoms with Crippen molar-refractivity contribution in [3.63, 3.8) is 0 Å². The van der Waals surface area contributed by atoms with Crippen LogP contribution in [0.1, 0.15) is 12.0 Å². The number of amides is 2. The van der Waals surface area contributed by atoms with Gasteiger partial charge in [0.25, 0.3) is 0 Å². The Morgan fingerprint density at radius 1 is 1.40 bits per heavy atom. The number of benzene rings is 1. The van der Waals surface area contributed by atoms with Crippen LogP contribution < -0.4 is 0 Å². The van der Waals surface area contributed by atoms with E-state index in [2.05, 4.69) is 0 Å². The van der Waals surface area contributed by atoms with Gasteiger partial charge in [-0.3, -0.25) is 4.79 Å². The van der Waals surface area contributed by atoms with Gasteiger partial charge in [0.2, 0.25) is 5.91 Å². The van der Waals surface area contributed by atoms with Crippen molar-refractivity contribution in [2.24, 2.45) is 5.92 Å². The molecule has 1 aromatic carbocycles. The fourth-order valence-electron chi connectivity index (χ4n) is 2.64. The van der Waals surface area contributed by atoms with E-state index >= 15 is 0 Å². The van der Waals surface area contributed by atoms with Gasteiger partial charge in [-0.15, -0.1) is 0 Å². The summed E-state index contributed by atoms with van der Waals surface area (Å²) in [7, 11) is 1.59. The topological polar surface area (TPSA) is 55.8 Å². The summed E-state index contributed by atoms with van der Waals surface area (Å²) >= 11 is 0. The van der Waals surface area contributed by atoms with Gasteiger partial charge in [-0.2, -0.15) is 0 Å². The SMILES string of the molecule is CO[C@@H]1C[C@H]1C(=O)N1C(=O)OC[C@H]1Cc1ccccc1. The van der Waals surface area contributed by atoms with E-state index in [1.165, 1.54) is 4.90 Å². The molecule has 5 nitrogen and oxygen atoms in total. The summed E-state index contributed by atoms with van der Waals surface area (Å²) in [5.74, 6) is -0.357. The minimum atomic E-state index is -0.530. The lowest BCUT2D eigenvalue weighted by atomic mass is 10.1. The van der Waals surface area contributed by atoms with Crippen molar-refractivity contribution >= 4 is 12.0 Å². The van der Waals surface area contributed by atoms with Gasteiger partial charge < -0.3 is 9.47 Å². The van der Waals surface area contributed by atoms with E-state index in [0.29, 0.717) is 12.8 Å². The minimum absolute atomic E-state index is 0.0479. The van der Waals surface area contributed by atoms with Crippen molar-refractivity contribution in [1.82, 2.24) is 4.90 Å². The van der Waals surface area contributed by atoms with Gasteiger partial charge >= 0.3 is 6.09 Å². The Morgan fingerprint density at radius 2 is 2.15 bits per heavy atom. The van der Waals surface area contributed by atoms with Gasteiger partial charge in [0.1, 0.15) is 6.61 Å². The highest BCUT2D eigenvalue weighted by Crippen LogP contribution is 2.36. The molecule has 0 unspecified atom stereocenters. The van der Waals surface area contributed by atoms with E-state index in [1.54, 1.807) is 7.11 Å². The molecule has 0 spiro atoms. The zero-order valence-electron chi connectivity index (χ0n) is 11.3. The van der Waals surface area contributed by atoms with Crippen LogP contribution >= 0.6 is 0 Å². The molecule has 1 aliphatic carbocycles. The van der Waals surface area contributed by atoms with Gasteiger partial charge in [0.05, 0.1) is 18.1 Å². The fraction of sp³-hybridized carbons (Fsp3) is 0.467. The molecule has 3 rings (SSSR count). The molecule has 1 aliphatic heterocycles. The molecule has 3 atom stereocenters. The van der Waals surface area contributed by atoms with Crippen LogP contribution in [-0.2, 0) is 20.7 Å². The number of hydrogen-bond donors (Lipinski definition) is 0. The number of ether oxygens (including phenoxy) is 2. The number of nitrogens with zero attached hydrogens (tertiary/aromatic N) is 1. The van der Waals surface area contributed by atoms with Crippen molar-refractivity contribution in [3.05, 3.63) is 35.9 Å². The number of methoxy groups -OCH3 is 1. The highest BCUT2D eigenvalue weighted by atomic mass is 16.6. The first-order valence-corrected chi connectivity index (χ1v) is 6.77. The van der Waals surface area contributed by atoms with Crippen LogP contribution in [0.2, 0.25) is 0 Å². The molecule has 1 saturated carbocycles. The zero-order valence-corrected chi connectivity index (χ0v) is 11.3. The summed E-state index contributed by atoms with van der Waals surface area (Å²) in [5, 5.41) is 0. The lowest BCUT2D eigenvalue weighted by Gasteiger charge is -2.19. The third-order valence-electron chi connectivity index (χ3n) is 3.86. The molecule has 0 aromatic heterocycles. The normalized spacial score (nSPS) is 28.4. The second-order valence-corrected chi connectivity index (χ2v) is 5.25. The van der Waals surface area contributed by atoms with Gasteiger partial charge in [0.15, 0.2) is 0 Å². The van der Waals surface area contributed by atoms with Crippen molar-refractivity contribution in [2.45, 2.75) is 25.0 Å². The first-order valence-electron chi connectivity index (χ1n) is 6.77. The van der Waals surface area contributed by atoms with E-state index in [0.717, 1.165) is 5.56 Å². The second kappa shape index (κ2) is 5.25. The highest BCUT2D eigenvalue weighted by Gasteiger charge is 2.50. The summed E-state index contributed by atoms with van der Waals surface area (Å²) < 4.78 is 10.2. The molecule has 1 aromatic rings. The maximum absolute atomic E-state index is 12.3. The van der Waals surface area contributed by atoms with Crippen LogP contribution in [-0.4, -0.2) is 42.8 Å². The van der Waals surface area contributed by atoms with Gasteiger partial charge in [-0.25, -0.2) is 9.69 Å². The molecule has 2 aliphatic rings. The molecule has 20 heavy (non-hydrogen) atoms. The van der Waals surface area contributed by atoms with Crippen LogP contribution in [0.3, 0.4) is 0 Å². The van der Waals surface area contributed by atoms with Gasteiger partial charge in [-0.05, 0) is 18.4 Å². The zero-order chi connectivity index (χ0) is 14.1. The van der Waals surface area contributed by atoms with E-state index in [1.807, 2.05) is 30.3 Å². The summed E-state index contributed by atoms with van der Waals surface area (Å²) in [5.41, 5.74) is 1.09. The molecule has 0 N–H and O–H groups in total. The van der Waals surface area contributed by atoms with E-state index in [4.69, 9.17) is 9.47 Å². The van der Waals surface area contributed by atoms with Crippen LogP contribution in [0.25, 0.3) is 0 Å². The standard InChI is InChI=1S/C15H17NO4/c1-19-13-8-12(13)14(17)16-11(9-20-15(16)18)7-10-5-3-2-4-6-10/h2-6,11-13H,7-9H2,1H3/t11-,12-,13-/m1/s1. The third-order valence-corrected chi connectivity index (χ3v) is 3.86. The Kier molecular flexibility index (Phi) is 3.44. The van der Waals surface area contributed by atoms with Gasteiger partial charge in [-0.1, -0.05) is 30.3 Å². The van der Waals surface area contributed by atoms with Crippen molar-refractivity contribution in [3.8, 4) is 0 Å². The number of carbonyl (C=O) groups is 2. The van der Waals surface area contributed by atoms with Crippen molar-refractivity contribution in [1.29, 1.82) is 0 Å². The predicted octanol–water partition coefficient (Wildman–Crippen LogP) is 1.61. The second-order valence-electron chi connectivity index (χ2n) is 5.25. The van der Waals surface area contributed by atoms with Crippen LogP contribution in [0.5, 0.6) is 0 Å². The minimum Gasteiger partial charge on any atom is -0.447 e. The van der Waals surface area contributed by atoms with Crippen LogP contribution in [0, 0.1) is 5.92 Å². The Bertz CT molecular complexity index is 516. The van der Waals surface area contributed by atoms with Crippen LogP contribution in [0.15, 0.2) is 30.3 Å². The summed E-state index contributed by atoms with van der Waals surface area (Å²) in [4.78, 5) is 25.4. The lowest BCUT2D eigenvalue weighted by Crippen LogP contribution is -2.41. The molecule has 2 fully saturated rings. The molecule has 106 valence electrons. The molecule has 1 saturated heterocycles. The number of carbonyl (C=O) groups excluding carboxylic acids is 2. The van der Waals surface area contributed by atoms with Gasteiger partial charge in [0, 0.05) is 7.11 Å². The predicted molar refractivity (Wildman–Crippen MR) is 71.0 cm³/mol. The maximum Gasteiger partial charge on any atom is 0.416 e. The average Bonchev–Trinajstić information content (AvgIpc) is 3.17. The summed E-state index contributed by atoms with van der Waals surface area (Å²) in [6, 6.07) is 9.59. The van der Waals surface area contributed by atoms with Crippen molar-refractivity contribution < 1.29 is 19.1 Å². The third kappa shape index (κ3) is 2.41. The Morgan fingerprint density at radius 3 is 2.80 bits per heavy atom. The molecule has 1 heterocycles.